The Morgan fingerprint density at radius 3 is 2.31 bits per heavy atom. The van der Waals surface area contributed by atoms with Gasteiger partial charge >= 0.3 is 12.1 Å². The molecule has 0 spiro atoms. The number of benzene rings is 2. The maximum atomic E-state index is 13.3. The van der Waals surface area contributed by atoms with Gasteiger partial charge in [-0.25, -0.2) is 18.2 Å². The lowest BCUT2D eigenvalue weighted by Crippen LogP contribution is -2.48. The van der Waals surface area contributed by atoms with Crippen LogP contribution in [0.2, 0.25) is 0 Å². The zero-order chi connectivity index (χ0) is 23.1. The van der Waals surface area contributed by atoms with Gasteiger partial charge in [0.1, 0.15) is 0 Å². The standard InChI is InChI=1S/C20H18F3N3O4S2/c1-30-18(27)13-5-7-14(8-6-13)32(28,29)26-11-9-25(10-12-26)19-24-17-15(20(21,22)23)3-2-4-16(17)31-19/h2-8H,9-12H2,1H3. The highest BCUT2D eigenvalue weighted by molar-refractivity contribution is 7.89. The van der Waals surface area contributed by atoms with Crippen molar-refractivity contribution in [2.45, 2.75) is 11.1 Å². The lowest BCUT2D eigenvalue weighted by Gasteiger charge is -2.33. The van der Waals surface area contributed by atoms with Crippen molar-refractivity contribution < 1.29 is 31.1 Å². The van der Waals surface area contributed by atoms with Crippen LogP contribution in [-0.2, 0) is 20.9 Å². The number of rotatable bonds is 4. The number of thiazole rings is 1. The van der Waals surface area contributed by atoms with Gasteiger partial charge in [0.25, 0.3) is 0 Å². The van der Waals surface area contributed by atoms with Gasteiger partial charge in [-0.05, 0) is 36.4 Å². The van der Waals surface area contributed by atoms with Crippen molar-refractivity contribution in [3.63, 3.8) is 0 Å². The number of carbonyl (C=O) groups is 1. The summed E-state index contributed by atoms with van der Waals surface area (Å²) in [6, 6.07) is 9.40. The van der Waals surface area contributed by atoms with E-state index in [2.05, 4.69) is 9.72 Å². The quantitative estimate of drug-likeness (QED) is 0.526. The minimum atomic E-state index is -4.50. The number of carbonyl (C=O) groups excluding carboxylic acids is 1. The number of halogens is 3. The molecule has 1 saturated heterocycles. The molecule has 1 aliphatic heterocycles. The third-order valence-electron chi connectivity index (χ3n) is 5.14. The molecule has 0 N–H and O–H groups in total. The van der Waals surface area contributed by atoms with Crippen LogP contribution in [0.5, 0.6) is 0 Å². The van der Waals surface area contributed by atoms with Crippen molar-refractivity contribution in [2.24, 2.45) is 0 Å². The fourth-order valence-electron chi connectivity index (χ4n) is 3.45. The van der Waals surface area contributed by atoms with Gasteiger partial charge in [-0.2, -0.15) is 17.5 Å². The van der Waals surface area contributed by atoms with E-state index in [0.717, 1.165) is 17.4 Å². The summed E-state index contributed by atoms with van der Waals surface area (Å²) in [6.07, 6.45) is -4.50. The Hall–Kier alpha value is -2.70. The van der Waals surface area contributed by atoms with Gasteiger partial charge in [0, 0.05) is 26.2 Å². The second-order valence-corrected chi connectivity index (χ2v) is 10.0. The molecule has 4 rings (SSSR count). The molecule has 2 heterocycles. The molecule has 7 nitrogen and oxygen atoms in total. The first kappa shape index (κ1) is 22.5. The summed E-state index contributed by atoms with van der Waals surface area (Å²) in [5.74, 6) is -0.563. The van der Waals surface area contributed by atoms with Crippen molar-refractivity contribution in [1.29, 1.82) is 0 Å². The minimum Gasteiger partial charge on any atom is -0.465 e. The summed E-state index contributed by atoms with van der Waals surface area (Å²) in [6.45, 7) is 0.896. The number of fused-ring (bicyclic) bond motifs is 1. The third-order valence-corrected chi connectivity index (χ3v) is 8.13. The maximum Gasteiger partial charge on any atom is 0.418 e. The maximum absolute atomic E-state index is 13.3. The monoisotopic (exact) mass is 485 g/mol. The van der Waals surface area contributed by atoms with Crippen LogP contribution in [0.4, 0.5) is 18.3 Å². The highest BCUT2D eigenvalue weighted by Crippen LogP contribution is 2.38. The fraction of sp³-hybridized carbons (Fsp3) is 0.300. The SMILES string of the molecule is COC(=O)c1ccc(S(=O)(=O)N2CCN(c3nc4c(C(F)(F)F)cccc4s3)CC2)cc1. The van der Waals surface area contributed by atoms with E-state index in [1.807, 2.05) is 0 Å². The van der Waals surface area contributed by atoms with E-state index < -0.39 is 27.7 Å². The molecule has 0 radical (unpaired) electrons. The summed E-state index contributed by atoms with van der Waals surface area (Å²) >= 11 is 1.15. The molecule has 170 valence electrons. The number of para-hydroxylation sites is 1. The molecule has 3 aromatic rings. The van der Waals surface area contributed by atoms with Crippen molar-refractivity contribution in [1.82, 2.24) is 9.29 Å². The molecule has 0 saturated carbocycles. The zero-order valence-electron chi connectivity index (χ0n) is 16.8. The van der Waals surface area contributed by atoms with Gasteiger partial charge in [0.05, 0.1) is 33.3 Å². The molecule has 2 aromatic carbocycles. The Balaban J connectivity index is 1.50. The summed E-state index contributed by atoms with van der Waals surface area (Å²) in [5.41, 5.74) is -0.639. The van der Waals surface area contributed by atoms with E-state index in [-0.39, 0.29) is 29.1 Å². The van der Waals surface area contributed by atoms with Crippen molar-refractivity contribution in [3.05, 3.63) is 53.6 Å². The van der Waals surface area contributed by atoms with Crippen molar-refractivity contribution >= 4 is 42.7 Å². The molecule has 1 aromatic heterocycles. The Morgan fingerprint density at radius 1 is 1.06 bits per heavy atom. The van der Waals surface area contributed by atoms with Crippen LogP contribution in [0, 0.1) is 0 Å². The molecular formula is C20H18F3N3O4S2. The molecule has 1 aliphatic rings. The topological polar surface area (TPSA) is 79.8 Å². The van der Waals surface area contributed by atoms with Crippen LogP contribution in [0.25, 0.3) is 10.2 Å². The summed E-state index contributed by atoms with van der Waals surface area (Å²) in [5, 5.41) is 0.427. The number of piperazine rings is 1. The third kappa shape index (κ3) is 4.17. The second-order valence-electron chi connectivity index (χ2n) is 7.05. The smallest absolute Gasteiger partial charge is 0.418 e. The van der Waals surface area contributed by atoms with Crippen LogP contribution < -0.4 is 4.90 Å². The number of nitrogens with zero attached hydrogens (tertiary/aromatic N) is 3. The highest BCUT2D eigenvalue weighted by Gasteiger charge is 2.35. The number of aromatic nitrogens is 1. The van der Waals surface area contributed by atoms with Gasteiger partial charge in [-0.1, -0.05) is 17.4 Å². The fourth-order valence-corrected chi connectivity index (χ4v) is 5.92. The van der Waals surface area contributed by atoms with Crippen LogP contribution in [0.1, 0.15) is 15.9 Å². The van der Waals surface area contributed by atoms with E-state index in [4.69, 9.17) is 0 Å². The first-order valence-corrected chi connectivity index (χ1v) is 11.8. The van der Waals surface area contributed by atoms with Gasteiger partial charge in [-0.3, -0.25) is 0 Å². The van der Waals surface area contributed by atoms with Gasteiger partial charge in [0.15, 0.2) is 5.13 Å². The van der Waals surface area contributed by atoms with Gasteiger partial charge in [-0.15, -0.1) is 0 Å². The lowest BCUT2D eigenvalue weighted by molar-refractivity contribution is -0.136. The molecule has 1 fully saturated rings. The molecule has 0 atom stereocenters. The number of alkyl halides is 3. The van der Waals surface area contributed by atoms with E-state index in [9.17, 15) is 26.4 Å². The molecule has 0 aliphatic carbocycles. The second kappa shape index (κ2) is 8.34. The van der Waals surface area contributed by atoms with Gasteiger partial charge < -0.3 is 9.64 Å². The highest BCUT2D eigenvalue weighted by atomic mass is 32.2. The Morgan fingerprint density at radius 2 is 1.72 bits per heavy atom. The predicted octanol–water partition coefficient (Wildman–Crippen LogP) is 3.61. The molecule has 0 bridgehead atoms. The Kier molecular flexibility index (Phi) is 5.86. The number of hydrogen-bond acceptors (Lipinski definition) is 7. The molecular weight excluding hydrogens is 467 g/mol. The van der Waals surface area contributed by atoms with E-state index in [0.29, 0.717) is 22.9 Å². The lowest BCUT2D eigenvalue weighted by atomic mass is 10.2. The van der Waals surface area contributed by atoms with Crippen LogP contribution >= 0.6 is 11.3 Å². The number of esters is 1. The van der Waals surface area contributed by atoms with Crippen LogP contribution in [-0.4, -0.2) is 57.0 Å². The van der Waals surface area contributed by atoms with E-state index in [1.54, 1.807) is 11.0 Å². The average molecular weight is 486 g/mol. The summed E-state index contributed by atoms with van der Waals surface area (Å²) in [7, 11) is -2.54. The Bertz CT molecular complexity index is 1250. The number of ether oxygens (including phenoxy) is 1. The minimum absolute atomic E-state index is 0.0495. The van der Waals surface area contributed by atoms with Crippen LogP contribution in [0.15, 0.2) is 47.4 Å². The number of hydrogen-bond donors (Lipinski definition) is 0. The number of methoxy groups -OCH3 is 1. The molecule has 0 amide bonds. The molecule has 12 heteroatoms. The normalized spacial score (nSPS) is 15.8. The summed E-state index contributed by atoms with van der Waals surface area (Å²) in [4.78, 5) is 17.6. The first-order chi connectivity index (χ1) is 15.1. The van der Waals surface area contributed by atoms with E-state index >= 15 is 0 Å². The van der Waals surface area contributed by atoms with Crippen molar-refractivity contribution in [3.8, 4) is 0 Å². The van der Waals surface area contributed by atoms with Crippen molar-refractivity contribution in [2.75, 3.05) is 38.2 Å². The Labute approximate surface area is 186 Å². The van der Waals surface area contributed by atoms with Gasteiger partial charge in [0.2, 0.25) is 10.0 Å². The van der Waals surface area contributed by atoms with E-state index in [1.165, 1.54) is 41.7 Å². The molecule has 32 heavy (non-hydrogen) atoms. The number of sulfonamides is 1. The predicted molar refractivity (Wildman–Crippen MR) is 113 cm³/mol. The largest absolute Gasteiger partial charge is 0.465 e. The zero-order valence-corrected chi connectivity index (χ0v) is 18.4. The van der Waals surface area contributed by atoms with Crippen LogP contribution in [0.3, 0.4) is 0 Å². The average Bonchev–Trinajstić information content (AvgIpc) is 3.22. The number of anilines is 1. The first-order valence-electron chi connectivity index (χ1n) is 9.51. The summed E-state index contributed by atoms with van der Waals surface area (Å²) < 4.78 is 72.0. The molecule has 0 unspecified atom stereocenters.